The van der Waals surface area contributed by atoms with Crippen LogP contribution < -0.4 is 5.73 Å². The monoisotopic (exact) mass is 487 g/mol. The van der Waals surface area contributed by atoms with Crippen LogP contribution in [-0.2, 0) is 13.6 Å². The van der Waals surface area contributed by atoms with E-state index in [1.807, 2.05) is 11.8 Å². The van der Waals surface area contributed by atoms with Crippen LogP contribution in [0.5, 0.6) is 0 Å². The number of imidazole rings is 1. The number of likely N-dealkylation sites (tertiary alicyclic amines) is 1. The van der Waals surface area contributed by atoms with E-state index in [-0.39, 0.29) is 11.6 Å². The first kappa shape index (κ1) is 24.6. The van der Waals surface area contributed by atoms with Crippen molar-refractivity contribution in [3.8, 4) is 11.5 Å². The molecule has 0 bridgehead atoms. The van der Waals surface area contributed by atoms with Gasteiger partial charge in [-0.1, -0.05) is 6.92 Å². The number of rotatable bonds is 3. The van der Waals surface area contributed by atoms with Gasteiger partial charge in [-0.25, -0.2) is 15.0 Å². The van der Waals surface area contributed by atoms with E-state index < -0.39 is 12.7 Å². The number of pyridine rings is 2. The quantitative estimate of drug-likeness (QED) is 0.469. The number of piperidine rings is 1. The van der Waals surface area contributed by atoms with E-state index in [0.29, 0.717) is 33.6 Å². The number of aromatic nitrogens is 5. The molecule has 35 heavy (non-hydrogen) atoms. The number of nitrogens with two attached hydrogens (primary N) is 1. The zero-order chi connectivity index (χ0) is 25.2. The van der Waals surface area contributed by atoms with Gasteiger partial charge in [-0.15, -0.1) is 0 Å². The van der Waals surface area contributed by atoms with Crippen LogP contribution in [-0.4, -0.2) is 60.7 Å². The van der Waals surface area contributed by atoms with Gasteiger partial charge in [0, 0.05) is 37.9 Å². The van der Waals surface area contributed by atoms with Gasteiger partial charge in [0.25, 0.3) is 5.91 Å². The molecule has 0 spiro atoms. The number of halogens is 3. The number of fused-ring (bicyclic) bond motifs is 2. The Morgan fingerprint density at radius 1 is 1.11 bits per heavy atom. The normalized spacial score (nSPS) is 14.3. The minimum absolute atomic E-state index is 0.0957. The molecule has 0 radical (unpaired) electrons. The summed E-state index contributed by atoms with van der Waals surface area (Å²) in [4.78, 5) is 27.8. The molecule has 1 fully saturated rings. The number of hydrogen-bond acceptors (Lipinski definition) is 5. The second-order valence-electron chi connectivity index (χ2n) is 8.47. The molecule has 0 aliphatic carbocycles. The molecule has 1 amide bonds. The third kappa shape index (κ3) is 5.14. The highest BCUT2D eigenvalue weighted by atomic mass is 19.4. The number of hydrogen-bond donors (Lipinski definition) is 1. The third-order valence-corrected chi connectivity index (χ3v) is 5.82. The zero-order valence-electron chi connectivity index (χ0n) is 19.7. The van der Waals surface area contributed by atoms with Crippen LogP contribution in [0.25, 0.3) is 33.7 Å². The van der Waals surface area contributed by atoms with E-state index in [9.17, 15) is 18.0 Å². The molecule has 8 nitrogen and oxygen atoms in total. The Labute approximate surface area is 200 Å². The van der Waals surface area contributed by atoms with E-state index in [1.54, 1.807) is 35.9 Å². The Kier molecular flexibility index (Phi) is 7.06. The molecule has 0 aromatic carbocycles. The maximum atomic E-state index is 13.3. The van der Waals surface area contributed by atoms with Gasteiger partial charge in [0.2, 0.25) is 0 Å². The number of alkyl halides is 3. The maximum absolute atomic E-state index is 13.3. The molecule has 0 atom stereocenters. The summed E-state index contributed by atoms with van der Waals surface area (Å²) in [5.41, 5.74) is 6.76. The fourth-order valence-electron chi connectivity index (χ4n) is 4.31. The number of nitrogens with zero attached hydrogens (tertiary/aromatic N) is 6. The van der Waals surface area contributed by atoms with Gasteiger partial charge in [-0.3, -0.25) is 4.79 Å². The highest BCUT2D eigenvalue weighted by molar-refractivity contribution is 5.97. The van der Waals surface area contributed by atoms with Crippen molar-refractivity contribution in [3.05, 3.63) is 42.2 Å². The number of amides is 1. The molecule has 1 aliphatic heterocycles. The van der Waals surface area contributed by atoms with Gasteiger partial charge in [0.05, 0.1) is 11.3 Å². The summed E-state index contributed by atoms with van der Waals surface area (Å²) in [6.45, 7) is 2.90. The highest BCUT2D eigenvalue weighted by Crippen LogP contribution is 2.31. The van der Waals surface area contributed by atoms with Gasteiger partial charge < -0.3 is 19.8 Å². The number of carbonyl (C=O) groups is 1. The van der Waals surface area contributed by atoms with Crippen molar-refractivity contribution in [2.45, 2.75) is 38.9 Å². The lowest BCUT2D eigenvalue weighted by atomic mass is 10.1. The summed E-state index contributed by atoms with van der Waals surface area (Å²) in [5, 5.41) is 0.590. The summed E-state index contributed by atoms with van der Waals surface area (Å²) >= 11 is 0. The molecule has 11 heteroatoms. The Bertz CT molecular complexity index is 1340. The van der Waals surface area contributed by atoms with Crippen molar-refractivity contribution in [2.24, 2.45) is 12.8 Å². The van der Waals surface area contributed by atoms with Crippen LogP contribution in [0.1, 0.15) is 36.5 Å². The Hall–Kier alpha value is -3.47. The Balaban J connectivity index is 0.000000917. The fourth-order valence-corrected chi connectivity index (χ4v) is 4.31. The van der Waals surface area contributed by atoms with Crippen LogP contribution in [0.2, 0.25) is 0 Å². The summed E-state index contributed by atoms with van der Waals surface area (Å²) in [6.07, 6.45) is 1.63. The average molecular weight is 488 g/mol. The lowest BCUT2D eigenvalue weighted by Crippen LogP contribution is -2.35. The molecule has 2 N–H and O–H groups in total. The largest absolute Gasteiger partial charge is 0.406 e. The van der Waals surface area contributed by atoms with E-state index in [4.69, 9.17) is 5.73 Å². The van der Waals surface area contributed by atoms with E-state index in [0.717, 1.165) is 43.5 Å². The summed E-state index contributed by atoms with van der Waals surface area (Å²) in [7, 11) is 1.70. The van der Waals surface area contributed by atoms with Gasteiger partial charge in [0.15, 0.2) is 11.5 Å². The van der Waals surface area contributed by atoms with Crippen LogP contribution >= 0.6 is 0 Å². The summed E-state index contributed by atoms with van der Waals surface area (Å²) in [6, 6.07) is 6.71. The van der Waals surface area contributed by atoms with Gasteiger partial charge in [0.1, 0.15) is 17.7 Å². The summed E-state index contributed by atoms with van der Waals surface area (Å²) in [5.74, 6) is 0.235. The molecule has 1 aliphatic rings. The average Bonchev–Trinajstić information content (AvgIpc) is 3.35. The van der Waals surface area contributed by atoms with E-state index >= 15 is 0 Å². The van der Waals surface area contributed by atoms with Crippen molar-refractivity contribution in [3.63, 3.8) is 0 Å². The molecule has 5 rings (SSSR count). The third-order valence-electron chi connectivity index (χ3n) is 5.82. The lowest BCUT2D eigenvalue weighted by molar-refractivity contribution is -0.139. The SMILES string of the molecule is CCN.Cn1c(-c2cc3cccnc3n2CC(F)(F)F)nc2cc(C(=O)N3CCCCC3)cnc21. The number of aryl methyl sites for hydroxylation is 1. The minimum Gasteiger partial charge on any atom is -0.339 e. The smallest absolute Gasteiger partial charge is 0.339 e. The topological polar surface area (TPSA) is 94.9 Å². The molecule has 0 unspecified atom stereocenters. The maximum Gasteiger partial charge on any atom is 0.406 e. The Morgan fingerprint density at radius 3 is 2.51 bits per heavy atom. The molecular weight excluding hydrogens is 459 g/mol. The first-order chi connectivity index (χ1) is 16.7. The van der Waals surface area contributed by atoms with Crippen molar-refractivity contribution in [2.75, 3.05) is 19.6 Å². The van der Waals surface area contributed by atoms with Gasteiger partial charge >= 0.3 is 6.18 Å². The predicted octanol–water partition coefficient (Wildman–Crippen LogP) is 4.14. The molecule has 1 saturated heterocycles. The van der Waals surface area contributed by atoms with Crippen LogP contribution in [0, 0.1) is 0 Å². The fraction of sp³-hybridized carbons (Fsp3) is 0.417. The second-order valence-corrected chi connectivity index (χ2v) is 8.47. The van der Waals surface area contributed by atoms with Crippen molar-refractivity contribution in [1.29, 1.82) is 0 Å². The standard InChI is InChI=1S/C22H21F3N6O.C2H7N/c1-29-19-16(10-15(12-27-19)21(32)30-8-3-2-4-9-30)28-20(29)17-11-14-6-5-7-26-18(14)31(17)13-22(23,24)25;1-2-3/h5-7,10-12H,2-4,8-9,13H2,1H3;2-3H2,1H3. The van der Waals surface area contributed by atoms with Crippen molar-refractivity contribution < 1.29 is 18.0 Å². The van der Waals surface area contributed by atoms with Crippen LogP contribution in [0.4, 0.5) is 13.2 Å². The first-order valence-electron chi connectivity index (χ1n) is 11.6. The van der Waals surface area contributed by atoms with Gasteiger partial charge in [-0.2, -0.15) is 13.2 Å². The van der Waals surface area contributed by atoms with Crippen molar-refractivity contribution >= 4 is 28.1 Å². The van der Waals surface area contributed by atoms with Crippen molar-refractivity contribution in [1.82, 2.24) is 29.0 Å². The zero-order valence-corrected chi connectivity index (χ0v) is 19.7. The highest BCUT2D eigenvalue weighted by Gasteiger charge is 2.31. The molecule has 5 heterocycles. The summed E-state index contributed by atoms with van der Waals surface area (Å²) < 4.78 is 42.8. The molecule has 186 valence electrons. The molecule has 4 aromatic rings. The van der Waals surface area contributed by atoms with Gasteiger partial charge in [-0.05, 0) is 50.1 Å². The van der Waals surface area contributed by atoms with E-state index in [2.05, 4.69) is 15.0 Å². The molecule has 0 saturated carbocycles. The second kappa shape index (κ2) is 10.0. The molecule has 4 aromatic heterocycles. The lowest BCUT2D eigenvalue weighted by Gasteiger charge is -2.26. The van der Waals surface area contributed by atoms with Crippen LogP contribution in [0.15, 0.2) is 36.7 Å². The predicted molar refractivity (Wildman–Crippen MR) is 128 cm³/mol. The van der Waals surface area contributed by atoms with Crippen LogP contribution in [0.3, 0.4) is 0 Å². The molecular formula is C24H28F3N7O. The Morgan fingerprint density at radius 2 is 1.83 bits per heavy atom. The van der Waals surface area contributed by atoms with E-state index in [1.165, 1.54) is 12.4 Å². The minimum atomic E-state index is -4.42. The number of carbonyl (C=O) groups excluding carboxylic acids is 1. The first-order valence-corrected chi connectivity index (χ1v) is 11.6.